The van der Waals surface area contributed by atoms with Crippen molar-refractivity contribution in [3.05, 3.63) is 33.8 Å². The third-order valence-corrected chi connectivity index (χ3v) is 5.35. The Morgan fingerprint density at radius 3 is 2.39 bits per heavy atom. The molecule has 0 saturated carbocycles. The van der Waals surface area contributed by atoms with Crippen LogP contribution in [0, 0.1) is 6.92 Å². The summed E-state index contributed by atoms with van der Waals surface area (Å²) < 4.78 is 0.965. The maximum absolute atomic E-state index is 12.2. The Bertz CT molecular complexity index is 420. The molecule has 1 aromatic rings. The number of carbonyl (C=O) groups excluding carboxylic acids is 1. The van der Waals surface area contributed by atoms with Gasteiger partial charge in [0, 0.05) is 20.9 Å². The van der Waals surface area contributed by atoms with Gasteiger partial charge in [0.15, 0.2) is 0 Å². The summed E-state index contributed by atoms with van der Waals surface area (Å²) >= 11 is 6.95. The summed E-state index contributed by atoms with van der Waals surface area (Å²) in [5, 5.41) is 3.91. The molecule has 0 saturated heterocycles. The number of amides is 1. The zero-order valence-electron chi connectivity index (χ0n) is 11.0. The van der Waals surface area contributed by atoms with Gasteiger partial charge in [0.25, 0.3) is 5.91 Å². The topological polar surface area (TPSA) is 29.1 Å². The standard InChI is InChI=1S/C14H19Br2NO/c1-4-14(5-2,9-15)17-13(18)11-7-6-10(3)12(16)8-11/h6-8H,4-5,9H2,1-3H3,(H,17,18). The molecule has 1 rings (SSSR count). The number of aryl methyl sites for hydroxylation is 1. The van der Waals surface area contributed by atoms with Gasteiger partial charge in [-0.25, -0.2) is 0 Å². The molecule has 1 aromatic carbocycles. The number of nitrogens with one attached hydrogen (secondary N) is 1. The Hall–Kier alpha value is -0.350. The van der Waals surface area contributed by atoms with Crippen LogP contribution in [0.25, 0.3) is 0 Å². The molecule has 0 fully saturated rings. The highest BCUT2D eigenvalue weighted by Crippen LogP contribution is 2.21. The van der Waals surface area contributed by atoms with Crippen LogP contribution in [0.2, 0.25) is 0 Å². The lowest BCUT2D eigenvalue weighted by Crippen LogP contribution is -2.49. The predicted molar refractivity (Wildman–Crippen MR) is 83.5 cm³/mol. The quantitative estimate of drug-likeness (QED) is 0.756. The van der Waals surface area contributed by atoms with E-state index in [9.17, 15) is 4.79 Å². The first kappa shape index (κ1) is 15.7. The molecule has 2 nitrogen and oxygen atoms in total. The third-order valence-electron chi connectivity index (χ3n) is 3.42. The SMILES string of the molecule is CCC(CC)(CBr)NC(=O)c1ccc(C)c(Br)c1. The Balaban J connectivity index is 2.90. The Morgan fingerprint density at radius 2 is 1.94 bits per heavy atom. The fraction of sp³-hybridized carbons (Fsp3) is 0.500. The van der Waals surface area contributed by atoms with Crippen LogP contribution < -0.4 is 5.32 Å². The van der Waals surface area contributed by atoms with E-state index < -0.39 is 0 Å². The molecule has 0 aliphatic rings. The van der Waals surface area contributed by atoms with Crippen LogP contribution in [0.15, 0.2) is 22.7 Å². The zero-order valence-corrected chi connectivity index (χ0v) is 14.2. The van der Waals surface area contributed by atoms with Crippen molar-refractivity contribution in [2.75, 3.05) is 5.33 Å². The van der Waals surface area contributed by atoms with Gasteiger partial charge in [-0.1, -0.05) is 51.8 Å². The van der Waals surface area contributed by atoms with E-state index in [-0.39, 0.29) is 11.4 Å². The van der Waals surface area contributed by atoms with Gasteiger partial charge in [0.1, 0.15) is 0 Å². The summed E-state index contributed by atoms with van der Waals surface area (Å²) in [6, 6.07) is 5.68. The molecule has 1 amide bonds. The first-order chi connectivity index (χ1) is 8.48. The van der Waals surface area contributed by atoms with Crippen molar-refractivity contribution in [1.29, 1.82) is 0 Å². The number of alkyl halides is 1. The van der Waals surface area contributed by atoms with Gasteiger partial charge in [-0.2, -0.15) is 0 Å². The Labute approximate surface area is 126 Å². The summed E-state index contributed by atoms with van der Waals surface area (Å²) in [4.78, 5) is 12.2. The van der Waals surface area contributed by atoms with E-state index >= 15 is 0 Å². The number of carbonyl (C=O) groups is 1. The fourth-order valence-electron chi connectivity index (χ4n) is 1.70. The zero-order chi connectivity index (χ0) is 13.8. The summed E-state index contributed by atoms with van der Waals surface area (Å²) in [7, 11) is 0. The van der Waals surface area contributed by atoms with E-state index in [1.165, 1.54) is 0 Å². The van der Waals surface area contributed by atoms with Crippen molar-refractivity contribution < 1.29 is 4.79 Å². The van der Waals surface area contributed by atoms with Gasteiger partial charge in [-0.3, -0.25) is 4.79 Å². The van der Waals surface area contributed by atoms with Gasteiger partial charge >= 0.3 is 0 Å². The summed E-state index contributed by atoms with van der Waals surface area (Å²) in [5.41, 5.74) is 1.66. The molecule has 0 bridgehead atoms. The van der Waals surface area contributed by atoms with Crippen molar-refractivity contribution in [2.24, 2.45) is 0 Å². The van der Waals surface area contributed by atoms with Crippen LogP contribution in [0.4, 0.5) is 0 Å². The van der Waals surface area contributed by atoms with E-state index in [0.717, 1.165) is 28.2 Å². The molecule has 0 unspecified atom stereocenters. The van der Waals surface area contributed by atoms with E-state index in [1.54, 1.807) is 0 Å². The van der Waals surface area contributed by atoms with Crippen molar-refractivity contribution in [1.82, 2.24) is 5.32 Å². The molecule has 0 radical (unpaired) electrons. The lowest BCUT2D eigenvalue weighted by molar-refractivity contribution is 0.0903. The van der Waals surface area contributed by atoms with Crippen LogP contribution >= 0.6 is 31.9 Å². The fourth-order valence-corrected chi connectivity index (χ4v) is 3.01. The van der Waals surface area contributed by atoms with E-state index in [0.29, 0.717) is 5.56 Å². The highest BCUT2D eigenvalue weighted by atomic mass is 79.9. The average molecular weight is 377 g/mol. The lowest BCUT2D eigenvalue weighted by Gasteiger charge is -2.31. The molecule has 100 valence electrons. The van der Waals surface area contributed by atoms with Crippen LogP contribution in [0.3, 0.4) is 0 Å². The molecule has 0 spiro atoms. The molecule has 0 aromatic heterocycles. The van der Waals surface area contributed by atoms with Crippen molar-refractivity contribution >= 4 is 37.8 Å². The van der Waals surface area contributed by atoms with Crippen LogP contribution in [-0.2, 0) is 0 Å². The van der Waals surface area contributed by atoms with Crippen LogP contribution in [0.5, 0.6) is 0 Å². The number of halogens is 2. The molecule has 4 heteroatoms. The predicted octanol–water partition coefficient (Wildman–Crippen LogP) is 4.44. The van der Waals surface area contributed by atoms with Crippen molar-refractivity contribution in [3.63, 3.8) is 0 Å². The van der Waals surface area contributed by atoms with E-state index in [4.69, 9.17) is 0 Å². The largest absolute Gasteiger partial charge is 0.346 e. The van der Waals surface area contributed by atoms with Gasteiger partial charge in [-0.15, -0.1) is 0 Å². The lowest BCUT2D eigenvalue weighted by atomic mass is 9.95. The molecule has 0 aliphatic heterocycles. The van der Waals surface area contributed by atoms with Gasteiger partial charge in [0.2, 0.25) is 0 Å². The van der Waals surface area contributed by atoms with Crippen molar-refractivity contribution in [3.8, 4) is 0 Å². The maximum atomic E-state index is 12.2. The maximum Gasteiger partial charge on any atom is 0.251 e. The summed E-state index contributed by atoms with van der Waals surface area (Å²) in [6.45, 7) is 6.19. The first-order valence-corrected chi connectivity index (χ1v) is 8.04. The molecular formula is C14H19Br2NO. The number of benzene rings is 1. The van der Waals surface area contributed by atoms with Gasteiger partial charge in [0.05, 0.1) is 0 Å². The second-order valence-electron chi connectivity index (χ2n) is 4.54. The highest BCUT2D eigenvalue weighted by Gasteiger charge is 2.27. The highest BCUT2D eigenvalue weighted by molar-refractivity contribution is 9.10. The molecule has 18 heavy (non-hydrogen) atoms. The Morgan fingerprint density at radius 1 is 1.33 bits per heavy atom. The smallest absolute Gasteiger partial charge is 0.251 e. The minimum absolute atomic E-state index is 0.0150. The van der Waals surface area contributed by atoms with Crippen molar-refractivity contribution in [2.45, 2.75) is 39.2 Å². The second kappa shape index (κ2) is 6.71. The number of rotatable bonds is 5. The van der Waals surface area contributed by atoms with Crippen LogP contribution in [0.1, 0.15) is 42.6 Å². The average Bonchev–Trinajstić information content (AvgIpc) is 2.39. The number of hydrogen-bond donors (Lipinski definition) is 1. The molecule has 1 N–H and O–H groups in total. The van der Waals surface area contributed by atoms with Gasteiger partial charge in [-0.05, 0) is 37.5 Å². The summed E-state index contributed by atoms with van der Waals surface area (Å²) in [6.07, 6.45) is 1.82. The molecule has 0 aliphatic carbocycles. The molecule has 0 heterocycles. The third kappa shape index (κ3) is 3.58. The Kier molecular flexibility index (Phi) is 5.86. The molecular weight excluding hydrogens is 358 g/mol. The van der Waals surface area contributed by atoms with E-state index in [1.807, 2.05) is 25.1 Å². The van der Waals surface area contributed by atoms with E-state index in [2.05, 4.69) is 51.0 Å². The van der Waals surface area contributed by atoms with Crippen LogP contribution in [-0.4, -0.2) is 16.8 Å². The minimum atomic E-state index is -0.158. The number of hydrogen-bond acceptors (Lipinski definition) is 1. The summed E-state index contributed by atoms with van der Waals surface area (Å²) in [5.74, 6) is -0.0150. The first-order valence-electron chi connectivity index (χ1n) is 6.12. The van der Waals surface area contributed by atoms with Gasteiger partial charge < -0.3 is 5.32 Å². The minimum Gasteiger partial charge on any atom is -0.346 e. The second-order valence-corrected chi connectivity index (χ2v) is 5.95. The monoisotopic (exact) mass is 375 g/mol. The normalized spacial score (nSPS) is 11.4. The molecule has 0 atom stereocenters.